The van der Waals surface area contributed by atoms with Crippen LogP contribution in [0.5, 0.6) is 0 Å². The molecule has 1 aromatic rings. The Morgan fingerprint density at radius 2 is 2.00 bits per heavy atom. The second-order valence-corrected chi connectivity index (χ2v) is 5.05. The van der Waals surface area contributed by atoms with Gasteiger partial charge in [0.15, 0.2) is 0 Å². The van der Waals surface area contributed by atoms with Crippen LogP contribution in [0.1, 0.15) is 38.7 Å². The van der Waals surface area contributed by atoms with Crippen LogP contribution >= 0.6 is 0 Å². The average Bonchev–Trinajstić information content (AvgIpc) is 2.32. The van der Waals surface area contributed by atoms with Crippen LogP contribution in [0, 0.1) is 5.82 Å². The van der Waals surface area contributed by atoms with E-state index in [1.807, 2.05) is 6.92 Å². The lowest BCUT2D eigenvalue weighted by Gasteiger charge is -2.16. The number of benzene rings is 1. The lowest BCUT2D eigenvalue weighted by molar-refractivity contribution is -0.122. The van der Waals surface area contributed by atoms with Crippen LogP contribution in [0.3, 0.4) is 0 Å². The molecule has 4 heteroatoms. The summed E-state index contributed by atoms with van der Waals surface area (Å²) in [5.74, 6) is -0.262. The first-order valence-corrected chi connectivity index (χ1v) is 6.80. The third kappa shape index (κ3) is 6.34. The molecule has 0 aromatic heterocycles. The largest absolute Gasteiger partial charge is 0.353 e. The van der Waals surface area contributed by atoms with Crippen LogP contribution in [0.4, 0.5) is 4.39 Å². The number of halogens is 1. The fraction of sp³-hybridized carbons (Fsp3) is 0.533. The highest BCUT2D eigenvalue weighted by Crippen LogP contribution is 2.06. The van der Waals surface area contributed by atoms with Crippen molar-refractivity contribution in [3.8, 4) is 0 Å². The smallest absolute Gasteiger partial charge is 0.221 e. The standard InChI is InChI=1S/C15H23FN2O/c1-3-4-14(17)10-15(19)18-11(2)9-12-5-7-13(16)8-6-12/h5-8,11,14H,3-4,9-10,17H2,1-2H3,(H,18,19). The molecule has 0 fully saturated rings. The van der Waals surface area contributed by atoms with Crippen LogP contribution in [-0.4, -0.2) is 18.0 Å². The molecule has 19 heavy (non-hydrogen) atoms. The molecule has 0 aliphatic heterocycles. The van der Waals surface area contributed by atoms with Crippen molar-refractivity contribution in [3.05, 3.63) is 35.6 Å². The van der Waals surface area contributed by atoms with Gasteiger partial charge in [-0.3, -0.25) is 4.79 Å². The van der Waals surface area contributed by atoms with Crippen LogP contribution < -0.4 is 11.1 Å². The molecular formula is C15H23FN2O. The Kier molecular flexibility index (Phi) is 6.50. The molecule has 1 aromatic carbocycles. The van der Waals surface area contributed by atoms with Gasteiger partial charge >= 0.3 is 0 Å². The van der Waals surface area contributed by atoms with Gasteiger partial charge in [-0.25, -0.2) is 4.39 Å². The van der Waals surface area contributed by atoms with Gasteiger partial charge in [0.05, 0.1) is 0 Å². The van der Waals surface area contributed by atoms with Crippen molar-refractivity contribution in [1.82, 2.24) is 5.32 Å². The van der Waals surface area contributed by atoms with Crippen molar-refractivity contribution in [3.63, 3.8) is 0 Å². The summed E-state index contributed by atoms with van der Waals surface area (Å²) in [7, 11) is 0. The van der Waals surface area contributed by atoms with E-state index < -0.39 is 0 Å². The minimum absolute atomic E-state index is 0.0180. The highest BCUT2D eigenvalue weighted by Gasteiger charge is 2.11. The summed E-state index contributed by atoms with van der Waals surface area (Å²) < 4.78 is 12.8. The third-order valence-electron chi connectivity index (χ3n) is 2.97. The molecule has 3 N–H and O–H groups in total. The van der Waals surface area contributed by atoms with E-state index in [4.69, 9.17) is 5.73 Å². The fourth-order valence-corrected chi connectivity index (χ4v) is 2.07. The summed E-state index contributed by atoms with van der Waals surface area (Å²) in [6, 6.07) is 6.29. The van der Waals surface area contributed by atoms with Gasteiger partial charge in [-0.1, -0.05) is 25.5 Å². The Bertz CT molecular complexity index is 392. The Balaban J connectivity index is 2.36. The maximum atomic E-state index is 12.8. The van der Waals surface area contributed by atoms with Gasteiger partial charge < -0.3 is 11.1 Å². The minimum Gasteiger partial charge on any atom is -0.353 e. The Morgan fingerprint density at radius 3 is 2.58 bits per heavy atom. The van der Waals surface area contributed by atoms with Crippen LogP contribution in [0.15, 0.2) is 24.3 Å². The maximum Gasteiger partial charge on any atom is 0.221 e. The SMILES string of the molecule is CCCC(N)CC(=O)NC(C)Cc1ccc(F)cc1. The molecule has 1 amide bonds. The molecule has 0 bridgehead atoms. The zero-order valence-corrected chi connectivity index (χ0v) is 11.7. The van der Waals surface area contributed by atoms with Crippen molar-refractivity contribution in [1.29, 1.82) is 0 Å². The highest BCUT2D eigenvalue weighted by molar-refractivity contribution is 5.76. The lowest BCUT2D eigenvalue weighted by Crippen LogP contribution is -2.37. The molecule has 0 spiro atoms. The van der Waals surface area contributed by atoms with E-state index in [1.54, 1.807) is 12.1 Å². The van der Waals surface area contributed by atoms with Crippen LogP contribution in [0.25, 0.3) is 0 Å². The van der Waals surface area contributed by atoms with Crippen molar-refractivity contribution >= 4 is 5.91 Å². The first kappa shape index (κ1) is 15.6. The Hall–Kier alpha value is -1.42. The summed E-state index contributed by atoms with van der Waals surface area (Å²) >= 11 is 0. The Morgan fingerprint density at radius 1 is 1.37 bits per heavy atom. The summed E-state index contributed by atoms with van der Waals surface area (Å²) in [4.78, 5) is 11.7. The number of nitrogens with two attached hydrogens (primary N) is 1. The predicted octanol–water partition coefficient (Wildman–Crippen LogP) is 2.39. The van der Waals surface area contributed by atoms with Gasteiger partial charge in [-0.15, -0.1) is 0 Å². The summed E-state index contributed by atoms with van der Waals surface area (Å²) in [6.45, 7) is 3.99. The van der Waals surface area contributed by atoms with E-state index in [2.05, 4.69) is 12.2 Å². The number of amides is 1. The normalized spacial score (nSPS) is 13.9. The van der Waals surface area contributed by atoms with E-state index in [0.29, 0.717) is 12.8 Å². The zero-order valence-electron chi connectivity index (χ0n) is 11.7. The van der Waals surface area contributed by atoms with Gasteiger partial charge in [-0.2, -0.15) is 0 Å². The highest BCUT2D eigenvalue weighted by atomic mass is 19.1. The summed E-state index contributed by atoms with van der Waals surface area (Å²) in [5, 5.41) is 2.92. The molecule has 0 aliphatic carbocycles. The molecule has 0 radical (unpaired) electrons. The first-order chi connectivity index (χ1) is 9.01. The number of hydrogen-bond donors (Lipinski definition) is 2. The second-order valence-electron chi connectivity index (χ2n) is 5.05. The van der Waals surface area contributed by atoms with E-state index in [-0.39, 0.29) is 23.8 Å². The number of carbonyl (C=O) groups excluding carboxylic acids is 1. The van der Waals surface area contributed by atoms with E-state index in [0.717, 1.165) is 18.4 Å². The lowest BCUT2D eigenvalue weighted by atomic mass is 10.1. The predicted molar refractivity (Wildman–Crippen MR) is 75.2 cm³/mol. The monoisotopic (exact) mass is 266 g/mol. The van der Waals surface area contributed by atoms with Gasteiger partial charge in [0.2, 0.25) is 5.91 Å². The second kappa shape index (κ2) is 7.89. The van der Waals surface area contributed by atoms with Crippen LogP contribution in [0.2, 0.25) is 0 Å². The molecule has 106 valence electrons. The molecule has 0 aliphatic rings. The first-order valence-electron chi connectivity index (χ1n) is 6.80. The quantitative estimate of drug-likeness (QED) is 0.796. The Labute approximate surface area is 114 Å². The van der Waals surface area contributed by atoms with Crippen molar-refractivity contribution < 1.29 is 9.18 Å². The topological polar surface area (TPSA) is 55.1 Å². The molecule has 3 nitrogen and oxygen atoms in total. The van der Waals surface area contributed by atoms with Gasteiger partial charge in [0.25, 0.3) is 0 Å². The summed E-state index contributed by atoms with van der Waals surface area (Å²) in [5.41, 5.74) is 6.83. The third-order valence-corrected chi connectivity index (χ3v) is 2.97. The molecular weight excluding hydrogens is 243 g/mol. The number of nitrogens with one attached hydrogen (secondary N) is 1. The summed E-state index contributed by atoms with van der Waals surface area (Å²) in [6.07, 6.45) is 2.90. The van der Waals surface area contributed by atoms with E-state index >= 15 is 0 Å². The molecule has 1 rings (SSSR count). The fourth-order valence-electron chi connectivity index (χ4n) is 2.07. The van der Waals surface area contributed by atoms with Crippen molar-refractivity contribution in [2.45, 2.75) is 51.6 Å². The maximum absolute atomic E-state index is 12.8. The van der Waals surface area contributed by atoms with Gasteiger partial charge in [0, 0.05) is 18.5 Å². The average molecular weight is 266 g/mol. The van der Waals surface area contributed by atoms with Gasteiger partial charge in [-0.05, 0) is 37.5 Å². The molecule has 0 heterocycles. The van der Waals surface area contributed by atoms with Gasteiger partial charge in [0.1, 0.15) is 5.82 Å². The molecule has 0 saturated carbocycles. The van der Waals surface area contributed by atoms with E-state index in [9.17, 15) is 9.18 Å². The van der Waals surface area contributed by atoms with Crippen molar-refractivity contribution in [2.75, 3.05) is 0 Å². The molecule has 0 saturated heterocycles. The van der Waals surface area contributed by atoms with Crippen molar-refractivity contribution in [2.24, 2.45) is 5.73 Å². The number of hydrogen-bond acceptors (Lipinski definition) is 2. The van der Waals surface area contributed by atoms with E-state index in [1.165, 1.54) is 12.1 Å². The van der Waals surface area contributed by atoms with Crippen LogP contribution in [-0.2, 0) is 11.2 Å². The minimum atomic E-state index is -0.244. The number of rotatable bonds is 7. The number of carbonyl (C=O) groups is 1. The zero-order chi connectivity index (χ0) is 14.3. The molecule has 2 unspecified atom stereocenters. The molecule has 2 atom stereocenters.